The van der Waals surface area contributed by atoms with Gasteiger partial charge < -0.3 is 5.32 Å². The lowest BCUT2D eigenvalue weighted by molar-refractivity contribution is 0.600. The van der Waals surface area contributed by atoms with Crippen LogP contribution in [0.25, 0.3) is 10.9 Å². The number of hydrogen-bond acceptors (Lipinski definition) is 6. The van der Waals surface area contributed by atoms with Crippen LogP contribution in [-0.4, -0.2) is 30.7 Å². The monoisotopic (exact) mass is 364 g/mol. The summed E-state index contributed by atoms with van der Waals surface area (Å²) in [6, 6.07) is 11.2. The SMILES string of the molecule is N#Cc1cnc2ccc3c(c2c1NCCc1ccccn1)CCS3(=O)=O. The van der Waals surface area contributed by atoms with Crippen LogP contribution >= 0.6 is 0 Å². The Balaban J connectivity index is 1.77. The average molecular weight is 364 g/mol. The van der Waals surface area contributed by atoms with Crippen molar-refractivity contribution in [1.29, 1.82) is 5.26 Å². The quantitative estimate of drug-likeness (QED) is 0.764. The molecule has 0 fully saturated rings. The molecule has 0 saturated carbocycles. The Bertz CT molecular complexity index is 1140. The predicted molar refractivity (Wildman–Crippen MR) is 98.6 cm³/mol. The number of nitrogens with one attached hydrogen (secondary N) is 1. The van der Waals surface area contributed by atoms with Gasteiger partial charge in [0.1, 0.15) is 6.07 Å². The summed E-state index contributed by atoms with van der Waals surface area (Å²) in [5, 5.41) is 13.5. The zero-order valence-electron chi connectivity index (χ0n) is 13.9. The van der Waals surface area contributed by atoms with E-state index in [0.717, 1.165) is 16.6 Å². The van der Waals surface area contributed by atoms with E-state index >= 15 is 0 Å². The number of benzene rings is 1. The van der Waals surface area contributed by atoms with Crippen molar-refractivity contribution < 1.29 is 8.42 Å². The van der Waals surface area contributed by atoms with Gasteiger partial charge in [0.05, 0.1) is 27.4 Å². The van der Waals surface area contributed by atoms with E-state index in [1.807, 2.05) is 18.2 Å². The molecule has 0 saturated heterocycles. The van der Waals surface area contributed by atoms with E-state index in [2.05, 4.69) is 21.4 Å². The van der Waals surface area contributed by atoms with Crippen LogP contribution < -0.4 is 5.32 Å². The van der Waals surface area contributed by atoms with Gasteiger partial charge in [-0.3, -0.25) is 9.97 Å². The number of nitriles is 1. The third kappa shape index (κ3) is 2.78. The van der Waals surface area contributed by atoms with Crippen molar-refractivity contribution >= 4 is 26.4 Å². The molecule has 1 aliphatic rings. The molecule has 26 heavy (non-hydrogen) atoms. The van der Waals surface area contributed by atoms with Crippen molar-refractivity contribution in [3.05, 3.63) is 59.5 Å². The van der Waals surface area contributed by atoms with E-state index in [9.17, 15) is 13.7 Å². The minimum absolute atomic E-state index is 0.103. The first-order chi connectivity index (χ1) is 12.6. The van der Waals surface area contributed by atoms with Crippen LogP contribution in [0.5, 0.6) is 0 Å². The predicted octanol–water partition coefficient (Wildman–Crippen LogP) is 2.49. The van der Waals surface area contributed by atoms with E-state index in [-0.39, 0.29) is 5.75 Å². The van der Waals surface area contributed by atoms with E-state index in [1.54, 1.807) is 18.3 Å². The maximum absolute atomic E-state index is 12.2. The van der Waals surface area contributed by atoms with Gasteiger partial charge in [0.2, 0.25) is 0 Å². The summed E-state index contributed by atoms with van der Waals surface area (Å²) in [5.74, 6) is 0.103. The largest absolute Gasteiger partial charge is 0.383 e. The molecule has 0 aliphatic carbocycles. The molecule has 0 atom stereocenters. The van der Waals surface area contributed by atoms with Crippen LogP contribution in [0.1, 0.15) is 16.8 Å². The van der Waals surface area contributed by atoms with Gasteiger partial charge in [-0.15, -0.1) is 0 Å². The maximum atomic E-state index is 12.2. The molecule has 3 aromatic rings. The third-order valence-electron chi connectivity index (χ3n) is 4.59. The first-order valence-electron chi connectivity index (χ1n) is 8.31. The van der Waals surface area contributed by atoms with E-state index in [4.69, 9.17) is 0 Å². The van der Waals surface area contributed by atoms with Gasteiger partial charge in [-0.2, -0.15) is 5.26 Å². The van der Waals surface area contributed by atoms with Gasteiger partial charge in [0, 0.05) is 36.4 Å². The molecular weight excluding hydrogens is 348 g/mol. The van der Waals surface area contributed by atoms with Gasteiger partial charge in [0.25, 0.3) is 0 Å². The standard InChI is InChI=1S/C19H16N4O2S/c20-11-13-12-23-16-4-5-17-15(7-10-26(17,24)25)18(16)19(13)22-9-6-14-3-1-2-8-21-14/h1-5,8,12H,6-7,9-10H2,(H,22,23). The number of rotatable bonds is 4. The topological polar surface area (TPSA) is 95.7 Å². The molecular formula is C19H16N4O2S. The van der Waals surface area contributed by atoms with Crippen LogP contribution in [0.4, 0.5) is 5.69 Å². The molecule has 3 heterocycles. The minimum atomic E-state index is -3.25. The third-order valence-corrected chi connectivity index (χ3v) is 6.38. The number of pyridine rings is 2. The molecule has 0 spiro atoms. The Labute approximate surface area is 151 Å². The summed E-state index contributed by atoms with van der Waals surface area (Å²) in [6.07, 6.45) is 4.42. The molecule has 6 nitrogen and oxygen atoms in total. The summed E-state index contributed by atoms with van der Waals surface area (Å²) in [6.45, 7) is 0.585. The summed E-state index contributed by atoms with van der Waals surface area (Å²) in [7, 11) is -3.25. The van der Waals surface area contributed by atoms with E-state index in [0.29, 0.717) is 41.0 Å². The van der Waals surface area contributed by atoms with Crippen molar-refractivity contribution in [3.8, 4) is 6.07 Å². The van der Waals surface area contributed by atoms with Crippen molar-refractivity contribution in [3.63, 3.8) is 0 Å². The first kappa shape index (κ1) is 16.5. The van der Waals surface area contributed by atoms with Crippen LogP contribution in [0.3, 0.4) is 0 Å². The number of hydrogen-bond donors (Lipinski definition) is 1. The van der Waals surface area contributed by atoms with Crippen molar-refractivity contribution in [2.45, 2.75) is 17.7 Å². The Morgan fingerprint density at radius 2 is 2.08 bits per heavy atom. The van der Waals surface area contributed by atoms with Crippen molar-refractivity contribution in [1.82, 2.24) is 9.97 Å². The lowest BCUT2D eigenvalue weighted by Crippen LogP contribution is -2.09. The zero-order valence-corrected chi connectivity index (χ0v) is 14.8. The van der Waals surface area contributed by atoms with Gasteiger partial charge >= 0.3 is 0 Å². The summed E-state index contributed by atoms with van der Waals surface area (Å²) in [4.78, 5) is 8.99. The Morgan fingerprint density at radius 1 is 1.19 bits per heavy atom. The van der Waals surface area contributed by atoms with Crippen LogP contribution in [0.15, 0.2) is 47.6 Å². The first-order valence-corrected chi connectivity index (χ1v) is 9.96. The number of fused-ring (bicyclic) bond motifs is 3. The molecule has 0 amide bonds. The lowest BCUT2D eigenvalue weighted by Gasteiger charge is -2.14. The number of nitrogens with zero attached hydrogens (tertiary/aromatic N) is 3. The number of sulfone groups is 1. The van der Waals surface area contributed by atoms with Gasteiger partial charge in [0.15, 0.2) is 9.84 Å². The molecule has 130 valence electrons. The van der Waals surface area contributed by atoms with Gasteiger partial charge in [-0.1, -0.05) is 6.07 Å². The van der Waals surface area contributed by atoms with E-state index < -0.39 is 9.84 Å². The molecule has 4 rings (SSSR count). The smallest absolute Gasteiger partial charge is 0.179 e. The van der Waals surface area contributed by atoms with E-state index in [1.165, 1.54) is 6.20 Å². The average Bonchev–Trinajstić information content (AvgIpc) is 2.97. The molecule has 1 N–H and O–H groups in total. The minimum Gasteiger partial charge on any atom is -0.383 e. The van der Waals surface area contributed by atoms with Crippen LogP contribution in [0, 0.1) is 11.3 Å². The molecule has 1 aliphatic heterocycles. The summed E-state index contributed by atoms with van der Waals surface area (Å²) >= 11 is 0. The highest BCUT2D eigenvalue weighted by molar-refractivity contribution is 7.91. The number of aromatic nitrogens is 2. The second-order valence-corrected chi connectivity index (χ2v) is 8.24. The highest BCUT2D eigenvalue weighted by Gasteiger charge is 2.29. The Morgan fingerprint density at radius 3 is 2.85 bits per heavy atom. The molecule has 1 aromatic carbocycles. The zero-order chi connectivity index (χ0) is 18.1. The lowest BCUT2D eigenvalue weighted by atomic mass is 10.0. The van der Waals surface area contributed by atoms with Crippen LogP contribution in [-0.2, 0) is 22.7 Å². The van der Waals surface area contributed by atoms with Gasteiger partial charge in [-0.05, 0) is 36.2 Å². The second kappa shape index (κ2) is 6.39. The second-order valence-electron chi connectivity index (χ2n) is 6.16. The maximum Gasteiger partial charge on any atom is 0.179 e. The molecule has 0 unspecified atom stereocenters. The highest BCUT2D eigenvalue weighted by atomic mass is 32.2. The Hall–Kier alpha value is -2.98. The van der Waals surface area contributed by atoms with Crippen LogP contribution in [0.2, 0.25) is 0 Å². The fourth-order valence-corrected chi connectivity index (χ4v) is 4.90. The van der Waals surface area contributed by atoms with Crippen molar-refractivity contribution in [2.24, 2.45) is 0 Å². The Kier molecular flexibility index (Phi) is 4.05. The summed E-state index contributed by atoms with van der Waals surface area (Å²) in [5.41, 5.74) is 3.47. The number of anilines is 1. The fourth-order valence-electron chi connectivity index (χ4n) is 3.35. The molecule has 0 radical (unpaired) electrons. The highest BCUT2D eigenvalue weighted by Crippen LogP contribution is 2.37. The summed E-state index contributed by atoms with van der Waals surface area (Å²) < 4.78 is 24.5. The molecule has 0 bridgehead atoms. The number of aryl methyl sites for hydroxylation is 1. The van der Waals surface area contributed by atoms with Crippen molar-refractivity contribution in [2.75, 3.05) is 17.6 Å². The normalized spacial score (nSPS) is 14.7. The fraction of sp³-hybridized carbons (Fsp3) is 0.211. The van der Waals surface area contributed by atoms with Gasteiger partial charge in [-0.25, -0.2) is 8.42 Å². The molecule has 2 aromatic heterocycles. The molecule has 7 heteroatoms.